The van der Waals surface area contributed by atoms with Crippen LogP contribution in [0.4, 0.5) is 0 Å². The van der Waals surface area contributed by atoms with Crippen LogP contribution in [0, 0.1) is 0 Å². The van der Waals surface area contributed by atoms with E-state index in [0.717, 1.165) is 29.9 Å². The molecule has 3 rings (SSSR count). The van der Waals surface area contributed by atoms with E-state index in [1.807, 2.05) is 36.4 Å². The summed E-state index contributed by atoms with van der Waals surface area (Å²) in [6.45, 7) is 9.12. The van der Waals surface area contributed by atoms with Crippen molar-refractivity contribution in [3.8, 4) is 17.4 Å². The van der Waals surface area contributed by atoms with Crippen LogP contribution in [-0.2, 0) is 18.4 Å². The third-order valence-electron chi connectivity index (χ3n) is 5.00. The van der Waals surface area contributed by atoms with Gasteiger partial charge in [-0.3, -0.25) is 4.57 Å². The van der Waals surface area contributed by atoms with Gasteiger partial charge in [0.25, 0.3) is 0 Å². The van der Waals surface area contributed by atoms with E-state index in [1.54, 1.807) is 0 Å². The number of benzene rings is 2. The highest BCUT2D eigenvalue weighted by atomic mass is 16.5. The van der Waals surface area contributed by atoms with Gasteiger partial charge in [0.15, 0.2) is 0 Å². The number of nitrogens with one attached hydrogen (secondary N) is 1. The Hall–Kier alpha value is -2.95. The zero-order valence-corrected chi connectivity index (χ0v) is 17.7. The van der Waals surface area contributed by atoms with Gasteiger partial charge in [-0.1, -0.05) is 58.4 Å². The van der Waals surface area contributed by atoms with Crippen molar-refractivity contribution in [2.75, 3.05) is 0 Å². The lowest BCUT2D eigenvalue weighted by atomic mass is 9.87. The molecule has 154 valence electrons. The molecule has 0 bridgehead atoms. The number of H-pyrrole nitrogens is 1. The zero-order valence-electron chi connectivity index (χ0n) is 17.7. The van der Waals surface area contributed by atoms with Crippen molar-refractivity contribution in [2.24, 2.45) is 0 Å². The molecule has 3 aromatic rings. The molecule has 0 unspecified atom stereocenters. The first-order chi connectivity index (χ1) is 13.8. The quantitative estimate of drug-likeness (QED) is 0.567. The summed E-state index contributed by atoms with van der Waals surface area (Å²) in [4.78, 5) is 14.9. The van der Waals surface area contributed by atoms with Gasteiger partial charge in [0.05, 0.1) is 5.69 Å². The van der Waals surface area contributed by atoms with E-state index in [-0.39, 0.29) is 17.0 Å². The highest BCUT2D eigenvalue weighted by Gasteiger charge is 2.14. The van der Waals surface area contributed by atoms with Crippen LogP contribution < -0.4 is 10.4 Å². The molecule has 1 aromatic heterocycles. The number of aromatic nitrogens is 2. The molecule has 2 aromatic carbocycles. The number of hydrogen-bond donors (Lipinski definition) is 2. The molecule has 29 heavy (non-hydrogen) atoms. The van der Waals surface area contributed by atoms with Gasteiger partial charge in [-0.25, -0.2) is 4.79 Å². The molecule has 0 aliphatic carbocycles. The van der Waals surface area contributed by atoms with Crippen molar-refractivity contribution in [2.45, 2.75) is 58.9 Å². The summed E-state index contributed by atoms with van der Waals surface area (Å²) in [7, 11) is 0. The van der Waals surface area contributed by atoms with E-state index in [1.165, 1.54) is 10.1 Å². The lowest BCUT2D eigenvalue weighted by molar-refractivity contribution is 0.404. The second kappa shape index (κ2) is 8.60. The van der Waals surface area contributed by atoms with Crippen LogP contribution in [0.5, 0.6) is 17.4 Å². The van der Waals surface area contributed by atoms with Gasteiger partial charge in [0.1, 0.15) is 11.5 Å². The largest absolute Gasteiger partial charge is 0.493 e. The Morgan fingerprint density at radius 1 is 1.07 bits per heavy atom. The Balaban J connectivity index is 1.74. The first kappa shape index (κ1) is 20.8. The van der Waals surface area contributed by atoms with Crippen LogP contribution in [-0.4, -0.2) is 14.7 Å². The fourth-order valence-electron chi connectivity index (χ4n) is 3.24. The molecule has 0 saturated heterocycles. The van der Waals surface area contributed by atoms with Crippen LogP contribution in [0.1, 0.15) is 57.4 Å². The maximum absolute atomic E-state index is 12.1. The average Bonchev–Trinajstić information content (AvgIpc) is 2.93. The van der Waals surface area contributed by atoms with Crippen molar-refractivity contribution >= 4 is 0 Å². The van der Waals surface area contributed by atoms with Gasteiger partial charge in [0.2, 0.25) is 5.88 Å². The van der Waals surface area contributed by atoms with Crippen LogP contribution >= 0.6 is 0 Å². The average molecular weight is 395 g/mol. The van der Waals surface area contributed by atoms with Crippen molar-refractivity contribution in [1.29, 1.82) is 0 Å². The minimum Gasteiger partial charge on any atom is -0.493 e. The van der Waals surface area contributed by atoms with Crippen molar-refractivity contribution < 1.29 is 9.84 Å². The Kier molecular flexibility index (Phi) is 6.16. The normalized spacial score (nSPS) is 11.6. The molecule has 0 saturated carbocycles. The van der Waals surface area contributed by atoms with E-state index < -0.39 is 0 Å². The molecule has 5 nitrogen and oxygen atoms in total. The second-order valence-electron chi connectivity index (χ2n) is 8.44. The summed E-state index contributed by atoms with van der Waals surface area (Å²) in [6.07, 6.45) is 2.24. The van der Waals surface area contributed by atoms with E-state index >= 15 is 0 Å². The summed E-state index contributed by atoms with van der Waals surface area (Å²) in [6, 6.07) is 15.8. The minimum atomic E-state index is -0.266. The predicted octanol–water partition coefficient (Wildman–Crippen LogP) is 5.36. The molecule has 0 spiro atoms. The Bertz CT molecular complexity index is 1010. The van der Waals surface area contributed by atoms with E-state index in [4.69, 9.17) is 4.74 Å². The fourth-order valence-corrected chi connectivity index (χ4v) is 3.24. The van der Waals surface area contributed by atoms with Crippen molar-refractivity contribution in [3.05, 3.63) is 75.8 Å². The number of hydrogen-bond acceptors (Lipinski definition) is 3. The van der Waals surface area contributed by atoms with Gasteiger partial charge in [-0.15, -0.1) is 0 Å². The highest BCUT2D eigenvalue weighted by molar-refractivity contribution is 5.38. The van der Waals surface area contributed by atoms with Crippen LogP contribution in [0.25, 0.3) is 0 Å². The second-order valence-corrected chi connectivity index (χ2v) is 8.44. The minimum absolute atomic E-state index is 0.0209. The SMILES string of the molecule is CCCCn1c(O)c(Cc2cccc(Oc3ccc(C(C)(C)C)cc3)c2)[nH]c1=O. The Morgan fingerprint density at radius 3 is 2.45 bits per heavy atom. The number of aromatic amines is 1. The number of nitrogens with zero attached hydrogens (tertiary/aromatic N) is 1. The smallest absolute Gasteiger partial charge is 0.328 e. The molecular formula is C24H30N2O3. The first-order valence-electron chi connectivity index (χ1n) is 10.2. The van der Waals surface area contributed by atoms with Crippen LogP contribution in [0.15, 0.2) is 53.3 Å². The molecular weight excluding hydrogens is 364 g/mol. The standard InChI is InChI=1S/C24H30N2O3/c1-5-6-14-26-22(27)21(25-23(26)28)16-17-8-7-9-20(15-17)29-19-12-10-18(11-13-19)24(2,3)4/h7-13,15,27H,5-6,14,16H2,1-4H3,(H,25,28). The molecule has 0 aliphatic heterocycles. The Labute approximate surface area is 172 Å². The van der Waals surface area contributed by atoms with Gasteiger partial charge in [0, 0.05) is 13.0 Å². The number of rotatable bonds is 7. The third kappa shape index (κ3) is 5.11. The van der Waals surface area contributed by atoms with Gasteiger partial charge in [-0.05, 0) is 47.2 Å². The third-order valence-corrected chi connectivity index (χ3v) is 5.00. The van der Waals surface area contributed by atoms with E-state index in [0.29, 0.717) is 18.7 Å². The topological polar surface area (TPSA) is 67.2 Å². The molecule has 0 fully saturated rings. The molecule has 0 amide bonds. The van der Waals surface area contributed by atoms with Crippen molar-refractivity contribution in [1.82, 2.24) is 9.55 Å². The van der Waals surface area contributed by atoms with Crippen molar-refractivity contribution in [3.63, 3.8) is 0 Å². The summed E-state index contributed by atoms with van der Waals surface area (Å²) >= 11 is 0. The molecule has 2 N–H and O–H groups in total. The summed E-state index contributed by atoms with van der Waals surface area (Å²) in [5.74, 6) is 1.52. The highest BCUT2D eigenvalue weighted by Crippen LogP contribution is 2.28. The molecule has 1 heterocycles. The molecule has 0 atom stereocenters. The molecule has 5 heteroatoms. The Morgan fingerprint density at radius 2 is 1.79 bits per heavy atom. The van der Waals surface area contributed by atoms with Crippen LogP contribution in [0.3, 0.4) is 0 Å². The molecule has 0 aliphatic rings. The number of ether oxygens (including phenoxy) is 1. The summed E-state index contributed by atoms with van der Waals surface area (Å²) in [5, 5.41) is 10.4. The number of aromatic hydroxyl groups is 1. The number of unbranched alkanes of at least 4 members (excludes halogenated alkanes) is 1. The van der Waals surface area contributed by atoms with E-state index in [9.17, 15) is 9.90 Å². The lowest BCUT2D eigenvalue weighted by Crippen LogP contribution is -2.16. The summed E-state index contributed by atoms with van der Waals surface area (Å²) in [5.41, 5.74) is 2.57. The van der Waals surface area contributed by atoms with E-state index in [2.05, 4.69) is 44.8 Å². The lowest BCUT2D eigenvalue weighted by Gasteiger charge is -2.19. The van der Waals surface area contributed by atoms with Gasteiger partial charge >= 0.3 is 5.69 Å². The number of imidazole rings is 1. The van der Waals surface area contributed by atoms with Crippen LogP contribution in [0.2, 0.25) is 0 Å². The summed E-state index contributed by atoms with van der Waals surface area (Å²) < 4.78 is 7.40. The predicted molar refractivity (Wildman–Crippen MR) is 116 cm³/mol. The maximum atomic E-state index is 12.1. The zero-order chi connectivity index (χ0) is 21.0. The van der Waals surface area contributed by atoms with Gasteiger partial charge < -0.3 is 14.8 Å². The first-order valence-corrected chi connectivity index (χ1v) is 10.2. The molecule has 0 radical (unpaired) electrons. The fraction of sp³-hybridized carbons (Fsp3) is 0.375. The monoisotopic (exact) mass is 394 g/mol. The van der Waals surface area contributed by atoms with Gasteiger partial charge in [-0.2, -0.15) is 0 Å². The maximum Gasteiger partial charge on any atom is 0.328 e.